The first kappa shape index (κ1) is 12.1. The summed E-state index contributed by atoms with van der Waals surface area (Å²) < 4.78 is 0. The van der Waals surface area contributed by atoms with E-state index in [9.17, 15) is 0 Å². The van der Waals surface area contributed by atoms with Crippen LogP contribution in [0.1, 0.15) is 37.6 Å². The van der Waals surface area contributed by atoms with Gasteiger partial charge in [0.1, 0.15) is 0 Å². The lowest BCUT2D eigenvalue weighted by atomic mass is 9.94. The zero-order chi connectivity index (χ0) is 11.5. The van der Waals surface area contributed by atoms with E-state index >= 15 is 0 Å². The SMILES string of the molecule is CC(C)CN1CCCC(N)C1c1cccs1. The molecule has 2 heterocycles. The molecule has 0 saturated carbocycles. The average molecular weight is 238 g/mol. The van der Waals surface area contributed by atoms with Gasteiger partial charge in [0.05, 0.1) is 6.04 Å². The largest absolute Gasteiger partial charge is 0.326 e. The molecule has 0 aromatic carbocycles. The lowest BCUT2D eigenvalue weighted by Crippen LogP contribution is -2.46. The molecule has 1 aliphatic rings. The zero-order valence-electron chi connectivity index (χ0n) is 10.2. The van der Waals surface area contributed by atoms with E-state index in [-0.39, 0.29) is 0 Å². The predicted molar refractivity (Wildman–Crippen MR) is 70.7 cm³/mol. The normalized spacial score (nSPS) is 27.5. The van der Waals surface area contributed by atoms with Gasteiger partial charge < -0.3 is 5.73 Å². The molecule has 3 heteroatoms. The van der Waals surface area contributed by atoms with Crippen molar-refractivity contribution in [2.75, 3.05) is 13.1 Å². The third-order valence-electron chi connectivity index (χ3n) is 3.22. The Balaban J connectivity index is 2.14. The van der Waals surface area contributed by atoms with Gasteiger partial charge in [-0.25, -0.2) is 0 Å². The maximum Gasteiger partial charge on any atom is 0.0593 e. The molecule has 1 aromatic rings. The molecule has 0 aliphatic carbocycles. The van der Waals surface area contributed by atoms with E-state index in [4.69, 9.17) is 5.73 Å². The molecule has 0 bridgehead atoms. The molecule has 0 amide bonds. The number of nitrogens with zero attached hydrogens (tertiary/aromatic N) is 1. The van der Waals surface area contributed by atoms with Crippen LogP contribution in [0.15, 0.2) is 17.5 Å². The molecular formula is C13H22N2S. The number of piperidine rings is 1. The fourth-order valence-electron chi connectivity index (χ4n) is 2.62. The highest BCUT2D eigenvalue weighted by Crippen LogP contribution is 2.33. The fraction of sp³-hybridized carbons (Fsp3) is 0.692. The summed E-state index contributed by atoms with van der Waals surface area (Å²) in [6.07, 6.45) is 2.41. The fourth-order valence-corrected chi connectivity index (χ4v) is 3.56. The third-order valence-corrected chi connectivity index (χ3v) is 4.16. The van der Waals surface area contributed by atoms with E-state index in [1.54, 1.807) is 0 Å². The summed E-state index contributed by atoms with van der Waals surface area (Å²) in [7, 11) is 0. The molecule has 2 unspecified atom stereocenters. The van der Waals surface area contributed by atoms with Crippen LogP contribution in [0.3, 0.4) is 0 Å². The second-order valence-electron chi connectivity index (χ2n) is 5.16. The molecule has 0 spiro atoms. The summed E-state index contributed by atoms with van der Waals surface area (Å²) in [5.74, 6) is 0.716. The predicted octanol–water partition coefficient (Wildman–Crippen LogP) is 2.87. The van der Waals surface area contributed by atoms with Crippen molar-refractivity contribution in [3.05, 3.63) is 22.4 Å². The summed E-state index contributed by atoms with van der Waals surface area (Å²) in [6, 6.07) is 5.13. The monoisotopic (exact) mass is 238 g/mol. The highest BCUT2D eigenvalue weighted by Gasteiger charge is 2.30. The minimum Gasteiger partial charge on any atom is -0.326 e. The lowest BCUT2D eigenvalue weighted by Gasteiger charge is -2.40. The van der Waals surface area contributed by atoms with Crippen LogP contribution in [-0.2, 0) is 0 Å². The van der Waals surface area contributed by atoms with Gasteiger partial charge in [0.2, 0.25) is 0 Å². The van der Waals surface area contributed by atoms with Gasteiger partial charge in [0, 0.05) is 17.5 Å². The Hall–Kier alpha value is -0.380. The Morgan fingerprint density at radius 3 is 3.00 bits per heavy atom. The molecule has 2 nitrogen and oxygen atoms in total. The van der Waals surface area contributed by atoms with Gasteiger partial charge in [0.25, 0.3) is 0 Å². The molecule has 1 fully saturated rings. The van der Waals surface area contributed by atoms with Gasteiger partial charge in [0.15, 0.2) is 0 Å². The maximum absolute atomic E-state index is 6.30. The highest BCUT2D eigenvalue weighted by atomic mass is 32.1. The van der Waals surface area contributed by atoms with Crippen LogP contribution in [0, 0.1) is 5.92 Å². The Morgan fingerprint density at radius 2 is 2.38 bits per heavy atom. The smallest absolute Gasteiger partial charge is 0.0593 e. The highest BCUT2D eigenvalue weighted by molar-refractivity contribution is 7.10. The molecule has 2 atom stereocenters. The number of rotatable bonds is 3. The number of hydrogen-bond donors (Lipinski definition) is 1. The van der Waals surface area contributed by atoms with Crippen LogP contribution in [0.25, 0.3) is 0 Å². The first-order valence-corrected chi connectivity index (χ1v) is 7.09. The van der Waals surface area contributed by atoms with Crippen molar-refractivity contribution in [1.82, 2.24) is 4.90 Å². The van der Waals surface area contributed by atoms with E-state index in [0.717, 1.165) is 13.0 Å². The Bertz CT molecular complexity index is 308. The van der Waals surface area contributed by atoms with E-state index in [2.05, 4.69) is 36.3 Å². The minimum absolute atomic E-state index is 0.311. The van der Waals surface area contributed by atoms with Crippen molar-refractivity contribution < 1.29 is 0 Å². The van der Waals surface area contributed by atoms with Crippen LogP contribution < -0.4 is 5.73 Å². The summed E-state index contributed by atoms with van der Waals surface area (Å²) in [5, 5.41) is 2.16. The first-order chi connectivity index (χ1) is 7.68. The van der Waals surface area contributed by atoms with Gasteiger partial charge in [-0.1, -0.05) is 19.9 Å². The topological polar surface area (TPSA) is 29.3 Å². The van der Waals surface area contributed by atoms with Gasteiger partial charge in [-0.05, 0) is 36.8 Å². The van der Waals surface area contributed by atoms with E-state index in [1.807, 2.05) is 11.3 Å². The summed E-state index contributed by atoms with van der Waals surface area (Å²) in [4.78, 5) is 4.01. The Labute approximate surface area is 102 Å². The van der Waals surface area contributed by atoms with Crippen molar-refractivity contribution in [3.63, 3.8) is 0 Å². The molecule has 1 aromatic heterocycles. The van der Waals surface area contributed by atoms with Crippen molar-refractivity contribution in [1.29, 1.82) is 0 Å². The van der Waals surface area contributed by atoms with Crippen molar-refractivity contribution in [2.45, 2.75) is 38.8 Å². The third kappa shape index (κ3) is 2.65. The van der Waals surface area contributed by atoms with Gasteiger partial charge >= 0.3 is 0 Å². The first-order valence-electron chi connectivity index (χ1n) is 6.21. The summed E-state index contributed by atoms with van der Waals surface area (Å²) in [5.41, 5.74) is 6.30. The van der Waals surface area contributed by atoms with Crippen LogP contribution in [-0.4, -0.2) is 24.0 Å². The minimum atomic E-state index is 0.311. The van der Waals surface area contributed by atoms with E-state index < -0.39 is 0 Å². The number of nitrogens with two attached hydrogens (primary N) is 1. The van der Waals surface area contributed by atoms with Crippen LogP contribution >= 0.6 is 11.3 Å². The molecule has 16 heavy (non-hydrogen) atoms. The quantitative estimate of drug-likeness (QED) is 0.877. The standard InChI is InChI=1S/C13H22N2S/c1-10(2)9-15-7-3-5-11(14)13(15)12-6-4-8-16-12/h4,6,8,10-11,13H,3,5,7,9,14H2,1-2H3. The maximum atomic E-state index is 6.30. The van der Waals surface area contributed by atoms with Crippen molar-refractivity contribution in [2.24, 2.45) is 11.7 Å². The second-order valence-corrected chi connectivity index (χ2v) is 6.13. The van der Waals surface area contributed by atoms with Crippen LogP contribution in [0.2, 0.25) is 0 Å². The van der Waals surface area contributed by atoms with Gasteiger partial charge in [-0.15, -0.1) is 11.3 Å². The number of likely N-dealkylation sites (tertiary alicyclic amines) is 1. The Kier molecular flexibility index (Phi) is 4.00. The molecular weight excluding hydrogens is 216 g/mol. The molecule has 2 rings (SSSR count). The van der Waals surface area contributed by atoms with E-state index in [1.165, 1.54) is 17.8 Å². The van der Waals surface area contributed by atoms with E-state index in [0.29, 0.717) is 18.0 Å². The zero-order valence-corrected chi connectivity index (χ0v) is 11.0. The second kappa shape index (κ2) is 5.30. The molecule has 1 saturated heterocycles. The lowest BCUT2D eigenvalue weighted by molar-refractivity contribution is 0.116. The van der Waals surface area contributed by atoms with Crippen LogP contribution in [0.4, 0.5) is 0 Å². The van der Waals surface area contributed by atoms with Gasteiger partial charge in [-0.2, -0.15) is 0 Å². The molecule has 1 aliphatic heterocycles. The molecule has 2 N–H and O–H groups in total. The summed E-state index contributed by atoms with van der Waals surface area (Å²) in [6.45, 7) is 6.93. The number of thiophene rings is 1. The average Bonchev–Trinajstić information content (AvgIpc) is 2.69. The van der Waals surface area contributed by atoms with Gasteiger partial charge in [-0.3, -0.25) is 4.90 Å². The molecule has 90 valence electrons. The van der Waals surface area contributed by atoms with Crippen molar-refractivity contribution in [3.8, 4) is 0 Å². The van der Waals surface area contributed by atoms with Crippen LogP contribution in [0.5, 0.6) is 0 Å². The number of hydrogen-bond acceptors (Lipinski definition) is 3. The van der Waals surface area contributed by atoms with Crippen molar-refractivity contribution >= 4 is 11.3 Å². The summed E-state index contributed by atoms with van der Waals surface area (Å²) >= 11 is 1.84. The Morgan fingerprint density at radius 1 is 1.56 bits per heavy atom. The molecule has 0 radical (unpaired) electrons.